The van der Waals surface area contributed by atoms with E-state index in [1.54, 1.807) is 0 Å². The van der Waals surface area contributed by atoms with E-state index < -0.39 is 0 Å². The van der Waals surface area contributed by atoms with Gasteiger partial charge in [-0.15, -0.1) is 0 Å². The summed E-state index contributed by atoms with van der Waals surface area (Å²) in [6, 6.07) is 11.7. The van der Waals surface area contributed by atoms with E-state index in [-0.39, 0.29) is 0 Å². The van der Waals surface area contributed by atoms with E-state index in [4.69, 9.17) is 11.6 Å². The fourth-order valence-corrected chi connectivity index (χ4v) is 1.58. The van der Waals surface area contributed by atoms with Crippen molar-refractivity contribution in [2.75, 3.05) is 5.32 Å². The largest absolute Gasteiger partial charge is 0.379 e. The molecule has 0 saturated carbocycles. The lowest BCUT2D eigenvalue weighted by Crippen LogP contribution is -2.01. The second-order valence-corrected chi connectivity index (χ2v) is 4.13. The van der Waals surface area contributed by atoms with Gasteiger partial charge >= 0.3 is 0 Å². The van der Waals surface area contributed by atoms with Crippen LogP contribution in [0.2, 0.25) is 5.02 Å². The Morgan fingerprint density at radius 3 is 2.81 bits per heavy atom. The Balaban J connectivity index is 1.99. The number of benzene rings is 1. The summed E-state index contributed by atoms with van der Waals surface area (Å²) in [4.78, 5) is 4.32. The number of anilines is 1. The molecule has 0 aliphatic rings. The fraction of sp³-hybridized carbons (Fsp3) is 0.154. The number of nitrogens with zero attached hydrogens (tertiary/aromatic N) is 1. The number of pyridine rings is 1. The van der Waals surface area contributed by atoms with E-state index in [0.717, 1.165) is 16.4 Å². The molecular formula is C13H13ClN2. The topological polar surface area (TPSA) is 24.9 Å². The monoisotopic (exact) mass is 232 g/mol. The number of halogens is 1. The molecule has 16 heavy (non-hydrogen) atoms. The average Bonchev–Trinajstić information content (AvgIpc) is 2.28. The highest BCUT2D eigenvalue weighted by Gasteiger charge is 1.95. The Morgan fingerprint density at radius 1 is 1.25 bits per heavy atom. The highest BCUT2D eigenvalue weighted by molar-refractivity contribution is 6.30. The minimum Gasteiger partial charge on any atom is -0.379 e. The Kier molecular flexibility index (Phi) is 3.42. The summed E-state index contributed by atoms with van der Waals surface area (Å²) in [6.45, 7) is 2.74. The van der Waals surface area contributed by atoms with Crippen molar-refractivity contribution in [1.82, 2.24) is 4.98 Å². The predicted molar refractivity (Wildman–Crippen MR) is 67.8 cm³/mol. The molecule has 0 aliphatic carbocycles. The third kappa shape index (κ3) is 2.97. The first kappa shape index (κ1) is 11.0. The molecule has 1 aromatic carbocycles. The molecule has 2 nitrogen and oxygen atoms in total. The van der Waals surface area contributed by atoms with E-state index in [9.17, 15) is 0 Å². The first-order chi connectivity index (χ1) is 7.74. The Morgan fingerprint density at radius 2 is 2.12 bits per heavy atom. The van der Waals surface area contributed by atoms with Crippen LogP contribution >= 0.6 is 11.6 Å². The maximum atomic E-state index is 5.89. The van der Waals surface area contributed by atoms with Gasteiger partial charge in [0.2, 0.25) is 0 Å². The van der Waals surface area contributed by atoms with E-state index in [1.165, 1.54) is 5.56 Å². The van der Waals surface area contributed by atoms with Gasteiger partial charge in [-0.2, -0.15) is 0 Å². The summed E-state index contributed by atoms with van der Waals surface area (Å²) in [7, 11) is 0. The van der Waals surface area contributed by atoms with Gasteiger partial charge in [0.25, 0.3) is 0 Å². The lowest BCUT2D eigenvalue weighted by molar-refractivity contribution is 1.04. The van der Waals surface area contributed by atoms with Crippen molar-refractivity contribution in [3.63, 3.8) is 0 Å². The maximum Gasteiger partial charge on any atom is 0.0594 e. The number of aryl methyl sites for hydroxylation is 1. The Hall–Kier alpha value is -1.54. The van der Waals surface area contributed by atoms with Gasteiger partial charge in [0.1, 0.15) is 0 Å². The lowest BCUT2D eigenvalue weighted by Gasteiger charge is -2.06. The predicted octanol–water partition coefficient (Wildman–Crippen LogP) is 3.66. The molecule has 0 aliphatic heterocycles. The molecule has 0 fully saturated rings. The normalized spacial score (nSPS) is 10.1. The summed E-state index contributed by atoms with van der Waals surface area (Å²) in [6.07, 6.45) is 1.87. The minimum atomic E-state index is 0.709. The molecule has 2 aromatic rings. The lowest BCUT2D eigenvalue weighted by atomic mass is 10.2. The number of rotatable bonds is 3. The molecule has 3 heteroatoms. The Bertz CT molecular complexity index is 466. The molecule has 2 rings (SSSR count). The summed E-state index contributed by atoms with van der Waals surface area (Å²) < 4.78 is 0. The summed E-state index contributed by atoms with van der Waals surface area (Å²) in [5.41, 5.74) is 3.20. The zero-order valence-corrected chi connectivity index (χ0v) is 9.83. The van der Waals surface area contributed by atoms with Gasteiger partial charge in [-0.3, -0.25) is 4.98 Å². The summed E-state index contributed by atoms with van der Waals surface area (Å²) in [5, 5.41) is 4.01. The number of hydrogen-bond acceptors (Lipinski definition) is 2. The van der Waals surface area contributed by atoms with E-state index in [0.29, 0.717) is 6.54 Å². The van der Waals surface area contributed by atoms with E-state index >= 15 is 0 Å². The van der Waals surface area contributed by atoms with E-state index in [2.05, 4.69) is 16.4 Å². The quantitative estimate of drug-likeness (QED) is 0.874. The van der Waals surface area contributed by atoms with Gasteiger partial charge in [-0.05, 0) is 36.8 Å². The zero-order valence-electron chi connectivity index (χ0n) is 9.07. The van der Waals surface area contributed by atoms with Crippen LogP contribution in [-0.2, 0) is 6.54 Å². The van der Waals surface area contributed by atoms with Crippen molar-refractivity contribution < 1.29 is 0 Å². The van der Waals surface area contributed by atoms with Gasteiger partial charge in [-0.1, -0.05) is 23.7 Å². The van der Waals surface area contributed by atoms with Crippen molar-refractivity contribution in [2.24, 2.45) is 0 Å². The average molecular weight is 233 g/mol. The molecule has 1 aromatic heterocycles. The highest BCUT2D eigenvalue weighted by Crippen LogP contribution is 2.15. The van der Waals surface area contributed by atoms with Crippen LogP contribution in [0.5, 0.6) is 0 Å². The Labute approximate surface area is 100 Å². The molecule has 82 valence electrons. The first-order valence-electron chi connectivity index (χ1n) is 5.15. The maximum absolute atomic E-state index is 5.89. The molecule has 0 atom stereocenters. The molecule has 0 unspecified atom stereocenters. The van der Waals surface area contributed by atoms with Crippen molar-refractivity contribution >= 4 is 17.3 Å². The number of nitrogens with one attached hydrogen (secondary N) is 1. The number of aromatic nitrogens is 1. The van der Waals surface area contributed by atoms with Crippen LogP contribution in [0, 0.1) is 6.92 Å². The van der Waals surface area contributed by atoms with Crippen LogP contribution in [0.15, 0.2) is 42.6 Å². The molecule has 1 heterocycles. The van der Waals surface area contributed by atoms with Crippen molar-refractivity contribution in [2.45, 2.75) is 13.5 Å². The molecular weight excluding hydrogens is 220 g/mol. The summed E-state index contributed by atoms with van der Waals surface area (Å²) >= 11 is 5.89. The van der Waals surface area contributed by atoms with Crippen LogP contribution in [0.4, 0.5) is 5.69 Å². The highest BCUT2D eigenvalue weighted by atomic mass is 35.5. The van der Waals surface area contributed by atoms with Crippen LogP contribution in [0.25, 0.3) is 0 Å². The first-order valence-corrected chi connectivity index (χ1v) is 5.53. The van der Waals surface area contributed by atoms with E-state index in [1.807, 2.05) is 43.5 Å². The van der Waals surface area contributed by atoms with Gasteiger partial charge in [0.15, 0.2) is 0 Å². The summed E-state index contributed by atoms with van der Waals surface area (Å²) in [5.74, 6) is 0. The standard InChI is InChI=1S/C13H13ClN2/c1-10-5-6-13(15-8-10)9-16-12-4-2-3-11(14)7-12/h2-8,16H,9H2,1H3. The second kappa shape index (κ2) is 4.99. The molecule has 0 saturated heterocycles. The molecule has 0 amide bonds. The van der Waals surface area contributed by atoms with Crippen molar-refractivity contribution in [3.05, 3.63) is 58.9 Å². The third-order valence-electron chi connectivity index (χ3n) is 2.27. The van der Waals surface area contributed by atoms with Gasteiger partial charge < -0.3 is 5.32 Å². The van der Waals surface area contributed by atoms with Crippen LogP contribution in [-0.4, -0.2) is 4.98 Å². The minimum absolute atomic E-state index is 0.709. The smallest absolute Gasteiger partial charge is 0.0594 e. The van der Waals surface area contributed by atoms with Crippen LogP contribution in [0.3, 0.4) is 0 Å². The molecule has 0 bridgehead atoms. The van der Waals surface area contributed by atoms with Crippen LogP contribution in [0.1, 0.15) is 11.3 Å². The third-order valence-corrected chi connectivity index (χ3v) is 2.51. The van der Waals surface area contributed by atoms with Crippen molar-refractivity contribution in [3.8, 4) is 0 Å². The molecule has 0 radical (unpaired) electrons. The number of hydrogen-bond donors (Lipinski definition) is 1. The molecule has 0 spiro atoms. The van der Waals surface area contributed by atoms with Crippen LogP contribution < -0.4 is 5.32 Å². The zero-order chi connectivity index (χ0) is 11.4. The van der Waals surface area contributed by atoms with Gasteiger partial charge in [0.05, 0.1) is 12.2 Å². The van der Waals surface area contributed by atoms with Crippen molar-refractivity contribution in [1.29, 1.82) is 0 Å². The second-order valence-electron chi connectivity index (χ2n) is 3.69. The fourth-order valence-electron chi connectivity index (χ4n) is 1.39. The van der Waals surface area contributed by atoms with Gasteiger partial charge in [-0.25, -0.2) is 0 Å². The van der Waals surface area contributed by atoms with Gasteiger partial charge in [0, 0.05) is 16.9 Å². The molecule has 1 N–H and O–H groups in total. The SMILES string of the molecule is Cc1ccc(CNc2cccc(Cl)c2)nc1.